The molecule has 5 nitrogen and oxygen atoms in total. The molecule has 2 aromatic carbocycles. The number of sulfonamides is 1. The number of anilines is 1. The van der Waals surface area contributed by atoms with Crippen LogP contribution in [0, 0.1) is 11.6 Å². The van der Waals surface area contributed by atoms with E-state index in [1.54, 1.807) is 22.9 Å². The summed E-state index contributed by atoms with van der Waals surface area (Å²) in [5.41, 5.74) is 0.333. The summed E-state index contributed by atoms with van der Waals surface area (Å²) in [6.45, 7) is 0. The zero-order valence-electron chi connectivity index (χ0n) is 10.5. The lowest BCUT2D eigenvalue weighted by atomic mass is 10.3. The predicted molar refractivity (Wildman–Crippen MR) is 72.1 cm³/mol. The first-order valence-corrected chi connectivity index (χ1v) is 7.21. The van der Waals surface area contributed by atoms with E-state index >= 15 is 0 Å². The van der Waals surface area contributed by atoms with E-state index in [9.17, 15) is 22.0 Å². The molecule has 0 radical (unpaired) electrons. The van der Waals surface area contributed by atoms with Crippen LogP contribution < -0.4 is 10.0 Å². The second kappa shape index (κ2) is 5.88. The average molecular weight is 312 g/mol. The van der Waals surface area contributed by atoms with E-state index in [0.717, 1.165) is 18.2 Å². The Bertz CT molecular complexity index is 744. The third kappa shape index (κ3) is 3.54. The van der Waals surface area contributed by atoms with E-state index in [-0.39, 0.29) is 0 Å². The lowest BCUT2D eigenvalue weighted by Gasteiger charge is -2.09. The Morgan fingerprint density at radius 2 is 1.48 bits per heavy atom. The van der Waals surface area contributed by atoms with Crippen LogP contribution in [0.5, 0.6) is 0 Å². The van der Waals surface area contributed by atoms with Gasteiger partial charge in [-0.2, -0.15) is 0 Å². The third-order valence-electron chi connectivity index (χ3n) is 2.45. The van der Waals surface area contributed by atoms with Gasteiger partial charge < -0.3 is 5.32 Å². The lowest BCUT2D eigenvalue weighted by molar-refractivity contribution is 0.256. The van der Waals surface area contributed by atoms with Gasteiger partial charge in [0.25, 0.3) is 10.0 Å². The van der Waals surface area contributed by atoms with Crippen LogP contribution in [0.1, 0.15) is 0 Å². The van der Waals surface area contributed by atoms with Crippen molar-refractivity contribution in [1.82, 2.24) is 4.72 Å². The fraction of sp³-hybridized carbons (Fsp3) is 0. The molecule has 0 spiro atoms. The zero-order valence-corrected chi connectivity index (χ0v) is 11.3. The molecule has 0 unspecified atom stereocenters. The maximum atomic E-state index is 13.4. The molecular formula is C13H10F2N2O3S. The zero-order chi connectivity index (χ0) is 15.5. The van der Waals surface area contributed by atoms with Gasteiger partial charge in [0.05, 0.1) is 0 Å². The number of para-hydroxylation sites is 1. The highest BCUT2D eigenvalue weighted by molar-refractivity contribution is 7.90. The Labute approximate surface area is 119 Å². The minimum absolute atomic E-state index is 0.333. The van der Waals surface area contributed by atoms with Crippen molar-refractivity contribution < 1.29 is 22.0 Å². The fourth-order valence-electron chi connectivity index (χ4n) is 1.59. The van der Waals surface area contributed by atoms with Crippen LogP contribution in [0.2, 0.25) is 0 Å². The van der Waals surface area contributed by atoms with E-state index < -0.39 is 32.6 Å². The van der Waals surface area contributed by atoms with Crippen molar-refractivity contribution in [3.05, 3.63) is 60.2 Å². The summed E-state index contributed by atoms with van der Waals surface area (Å²) in [6.07, 6.45) is 0. The topological polar surface area (TPSA) is 75.3 Å². The molecule has 0 aliphatic rings. The molecule has 2 rings (SSSR count). The first-order valence-electron chi connectivity index (χ1n) is 5.73. The smallest absolute Gasteiger partial charge is 0.307 e. The molecule has 110 valence electrons. The van der Waals surface area contributed by atoms with E-state index in [1.165, 1.54) is 12.1 Å². The Hall–Kier alpha value is -2.48. The Morgan fingerprint density at radius 3 is 2.05 bits per heavy atom. The molecule has 0 atom stereocenters. The quantitative estimate of drug-likeness (QED) is 0.914. The molecule has 2 aromatic rings. The second-order valence-electron chi connectivity index (χ2n) is 3.98. The maximum Gasteiger partial charge on any atom is 0.333 e. The first-order chi connectivity index (χ1) is 9.90. The van der Waals surface area contributed by atoms with Crippen LogP contribution in [0.15, 0.2) is 53.4 Å². The Balaban J connectivity index is 2.20. The van der Waals surface area contributed by atoms with Crippen LogP contribution in [-0.4, -0.2) is 14.4 Å². The number of amides is 2. The van der Waals surface area contributed by atoms with Crippen molar-refractivity contribution in [2.75, 3.05) is 5.32 Å². The highest BCUT2D eigenvalue weighted by Gasteiger charge is 2.25. The molecule has 2 amide bonds. The van der Waals surface area contributed by atoms with Crippen LogP contribution in [0.3, 0.4) is 0 Å². The molecule has 0 aliphatic heterocycles. The van der Waals surface area contributed by atoms with Gasteiger partial charge in [-0.05, 0) is 24.3 Å². The minimum Gasteiger partial charge on any atom is -0.307 e. The number of benzene rings is 2. The Kier molecular flexibility index (Phi) is 4.18. The molecule has 0 saturated heterocycles. The molecular weight excluding hydrogens is 302 g/mol. The highest BCUT2D eigenvalue weighted by Crippen LogP contribution is 2.18. The van der Waals surface area contributed by atoms with Crippen LogP contribution in [0.25, 0.3) is 0 Å². The van der Waals surface area contributed by atoms with Crippen LogP contribution in [0.4, 0.5) is 19.3 Å². The summed E-state index contributed by atoms with van der Waals surface area (Å²) in [7, 11) is -4.65. The molecule has 0 fully saturated rings. The molecule has 8 heteroatoms. The number of halogens is 2. The monoisotopic (exact) mass is 312 g/mol. The van der Waals surface area contributed by atoms with E-state index in [1.807, 2.05) is 0 Å². The number of nitrogens with one attached hydrogen (secondary N) is 2. The maximum absolute atomic E-state index is 13.4. The summed E-state index contributed by atoms with van der Waals surface area (Å²) >= 11 is 0. The number of rotatable bonds is 3. The molecule has 2 N–H and O–H groups in total. The van der Waals surface area contributed by atoms with E-state index in [4.69, 9.17) is 0 Å². The van der Waals surface area contributed by atoms with Gasteiger partial charge in [-0.3, -0.25) is 0 Å². The first kappa shape index (κ1) is 14.9. The normalized spacial score (nSPS) is 11.0. The third-order valence-corrected chi connectivity index (χ3v) is 3.83. The summed E-state index contributed by atoms with van der Waals surface area (Å²) < 4.78 is 52.1. The minimum atomic E-state index is -4.65. The Morgan fingerprint density at radius 1 is 0.905 bits per heavy atom. The standard InChI is InChI=1S/C13H10F2N2O3S/c14-10-7-4-8-11(15)12(10)21(19,20)17-13(18)16-9-5-2-1-3-6-9/h1-8H,(H2,16,17,18). The molecule has 0 saturated carbocycles. The van der Waals surface area contributed by atoms with E-state index in [0.29, 0.717) is 5.69 Å². The number of hydrogen-bond acceptors (Lipinski definition) is 3. The molecule has 0 aromatic heterocycles. The van der Waals surface area contributed by atoms with Crippen molar-refractivity contribution in [2.45, 2.75) is 4.90 Å². The van der Waals surface area contributed by atoms with Crippen molar-refractivity contribution in [2.24, 2.45) is 0 Å². The average Bonchev–Trinajstić information content (AvgIpc) is 2.38. The van der Waals surface area contributed by atoms with Crippen molar-refractivity contribution >= 4 is 21.7 Å². The molecule has 0 heterocycles. The molecule has 0 bridgehead atoms. The number of carbonyl (C=O) groups is 1. The molecule has 21 heavy (non-hydrogen) atoms. The summed E-state index contributed by atoms with van der Waals surface area (Å²) in [5.74, 6) is -2.56. The van der Waals surface area contributed by atoms with Gasteiger partial charge in [-0.15, -0.1) is 0 Å². The summed E-state index contributed by atoms with van der Waals surface area (Å²) in [5, 5.41) is 2.23. The lowest BCUT2D eigenvalue weighted by Crippen LogP contribution is -2.35. The number of urea groups is 1. The molecule has 0 aliphatic carbocycles. The van der Waals surface area contributed by atoms with Crippen molar-refractivity contribution in [3.63, 3.8) is 0 Å². The van der Waals surface area contributed by atoms with Gasteiger partial charge in [0.15, 0.2) is 4.90 Å². The van der Waals surface area contributed by atoms with Gasteiger partial charge in [0.2, 0.25) is 0 Å². The highest BCUT2D eigenvalue weighted by atomic mass is 32.2. The largest absolute Gasteiger partial charge is 0.333 e. The second-order valence-corrected chi connectivity index (χ2v) is 5.60. The van der Waals surface area contributed by atoms with E-state index in [2.05, 4.69) is 5.32 Å². The SMILES string of the molecule is O=C(Nc1ccccc1)NS(=O)(=O)c1c(F)cccc1F. The van der Waals surface area contributed by atoms with Gasteiger partial charge >= 0.3 is 6.03 Å². The van der Waals surface area contributed by atoms with Gasteiger partial charge in [0, 0.05) is 5.69 Å². The number of carbonyl (C=O) groups excluding carboxylic acids is 1. The summed E-state index contributed by atoms with van der Waals surface area (Å²) in [6, 6.07) is 9.47. The summed E-state index contributed by atoms with van der Waals surface area (Å²) in [4.78, 5) is 10.4. The number of hydrogen-bond donors (Lipinski definition) is 2. The van der Waals surface area contributed by atoms with Crippen LogP contribution >= 0.6 is 0 Å². The van der Waals surface area contributed by atoms with Gasteiger partial charge in [0.1, 0.15) is 11.6 Å². The van der Waals surface area contributed by atoms with Crippen LogP contribution in [-0.2, 0) is 10.0 Å². The predicted octanol–water partition coefficient (Wildman–Crippen LogP) is 2.48. The van der Waals surface area contributed by atoms with Crippen molar-refractivity contribution in [3.8, 4) is 0 Å². The van der Waals surface area contributed by atoms with Crippen molar-refractivity contribution in [1.29, 1.82) is 0 Å². The fourth-order valence-corrected chi connectivity index (χ4v) is 2.64. The van der Waals surface area contributed by atoms with Gasteiger partial charge in [-0.25, -0.2) is 26.7 Å². The van der Waals surface area contributed by atoms with Gasteiger partial charge in [-0.1, -0.05) is 24.3 Å².